The Morgan fingerprint density at radius 1 is 1.08 bits per heavy atom. The van der Waals surface area contributed by atoms with Crippen LogP contribution in [0.1, 0.15) is 24.2 Å². The van der Waals surface area contributed by atoms with Gasteiger partial charge in [0, 0.05) is 11.1 Å². The average molecular weight is 324 g/mol. The first-order chi connectivity index (χ1) is 11.7. The summed E-state index contributed by atoms with van der Waals surface area (Å²) in [6.45, 7) is 2.11. The molecule has 0 saturated heterocycles. The van der Waals surface area contributed by atoms with Crippen molar-refractivity contribution in [1.29, 1.82) is 0 Å². The predicted octanol–water partition coefficient (Wildman–Crippen LogP) is 3.50. The molecule has 0 radical (unpaired) electrons. The summed E-state index contributed by atoms with van der Waals surface area (Å²) in [5.41, 5.74) is 3.06. The lowest BCUT2D eigenvalue weighted by atomic mass is 9.90. The maximum Gasteiger partial charge on any atom is 0.338 e. The second-order valence-electron chi connectivity index (χ2n) is 5.64. The largest absolute Gasteiger partial charge is 0.480 e. The predicted molar refractivity (Wildman–Crippen MR) is 87.0 cm³/mol. The van der Waals surface area contributed by atoms with Crippen LogP contribution in [0.15, 0.2) is 48.0 Å². The Kier molecular flexibility index (Phi) is 3.41. The number of rotatable bonds is 2. The van der Waals surface area contributed by atoms with Gasteiger partial charge in [-0.05, 0) is 30.7 Å². The number of ether oxygens (including phenoxy) is 4. The van der Waals surface area contributed by atoms with Crippen LogP contribution in [0, 0.1) is 0 Å². The summed E-state index contributed by atoms with van der Waals surface area (Å²) in [5.74, 6) is 1.68. The van der Waals surface area contributed by atoms with E-state index in [4.69, 9.17) is 18.9 Å². The SMILES string of the molecule is COC(=O)C1=C(C)c2ccccc2OC1c1ccc2c(c1)OCO2. The monoisotopic (exact) mass is 324 g/mol. The van der Waals surface area contributed by atoms with Crippen LogP contribution < -0.4 is 14.2 Å². The summed E-state index contributed by atoms with van der Waals surface area (Å²) in [5, 5.41) is 0. The first-order valence-electron chi connectivity index (χ1n) is 7.63. The van der Waals surface area contributed by atoms with Crippen molar-refractivity contribution in [3.05, 3.63) is 59.2 Å². The first kappa shape index (κ1) is 14.6. The number of allylic oxidation sites excluding steroid dienone is 1. The fourth-order valence-electron chi connectivity index (χ4n) is 3.09. The second kappa shape index (κ2) is 5.60. The Balaban J connectivity index is 1.85. The molecule has 5 heteroatoms. The van der Waals surface area contributed by atoms with Crippen LogP contribution in [0.4, 0.5) is 0 Å². The molecule has 2 aliphatic rings. The highest BCUT2D eigenvalue weighted by molar-refractivity contribution is 6.00. The van der Waals surface area contributed by atoms with Gasteiger partial charge in [-0.2, -0.15) is 0 Å². The van der Waals surface area contributed by atoms with E-state index in [0.29, 0.717) is 17.1 Å². The maximum absolute atomic E-state index is 12.4. The van der Waals surface area contributed by atoms with E-state index < -0.39 is 12.1 Å². The number of benzene rings is 2. The van der Waals surface area contributed by atoms with E-state index in [0.717, 1.165) is 22.4 Å². The highest BCUT2D eigenvalue weighted by atomic mass is 16.7. The summed E-state index contributed by atoms with van der Waals surface area (Å²) in [4.78, 5) is 12.4. The van der Waals surface area contributed by atoms with Gasteiger partial charge in [0.25, 0.3) is 0 Å². The number of para-hydroxylation sites is 1. The van der Waals surface area contributed by atoms with Crippen LogP contribution in [-0.4, -0.2) is 19.9 Å². The van der Waals surface area contributed by atoms with E-state index in [1.54, 1.807) is 0 Å². The van der Waals surface area contributed by atoms with Crippen molar-refractivity contribution in [3.63, 3.8) is 0 Å². The molecule has 2 aromatic carbocycles. The summed E-state index contributed by atoms with van der Waals surface area (Å²) < 4.78 is 21.9. The average Bonchev–Trinajstić information content (AvgIpc) is 3.08. The molecule has 24 heavy (non-hydrogen) atoms. The molecule has 5 nitrogen and oxygen atoms in total. The molecule has 0 fully saturated rings. The van der Waals surface area contributed by atoms with E-state index in [2.05, 4.69) is 0 Å². The lowest BCUT2D eigenvalue weighted by Crippen LogP contribution is -2.23. The van der Waals surface area contributed by atoms with Crippen LogP contribution in [0.25, 0.3) is 5.57 Å². The van der Waals surface area contributed by atoms with E-state index >= 15 is 0 Å². The van der Waals surface area contributed by atoms with Gasteiger partial charge in [0.15, 0.2) is 17.6 Å². The molecule has 1 atom stereocenters. The number of fused-ring (bicyclic) bond motifs is 2. The van der Waals surface area contributed by atoms with E-state index in [-0.39, 0.29) is 6.79 Å². The Morgan fingerprint density at radius 2 is 1.88 bits per heavy atom. The van der Waals surface area contributed by atoms with Gasteiger partial charge in [-0.25, -0.2) is 4.79 Å². The lowest BCUT2D eigenvalue weighted by Gasteiger charge is -2.29. The number of methoxy groups -OCH3 is 1. The summed E-state index contributed by atoms with van der Waals surface area (Å²) in [6, 6.07) is 13.2. The van der Waals surface area contributed by atoms with Crippen molar-refractivity contribution in [2.45, 2.75) is 13.0 Å². The maximum atomic E-state index is 12.4. The fraction of sp³-hybridized carbons (Fsp3) is 0.211. The molecule has 0 bridgehead atoms. The van der Waals surface area contributed by atoms with Gasteiger partial charge in [0.05, 0.1) is 12.7 Å². The topological polar surface area (TPSA) is 54.0 Å². The zero-order valence-corrected chi connectivity index (χ0v) is 13.4. The van der Waals surface area contributed by atoms with Crippen molar-refractivity contribution in [2.24, 2.45) is 0 Å². The molecule has 0 N–H and O–H groups in total. The van der Waals surface area contributed by atoms with E-state index in [1.165, 1.54) is 7.11 Å². The molecule has 2 aliphatic heterocycles. The minimum Gasteiger partial charge on any atom is -0.480 e. The van der Waals surface area contributed by atoms with Gasteiger partial charge in [0.2, 0.25) is 6.79 Å². The molecule has 0 aromatic heterocycles. The van der Waals surface area contributed by atoms with Crippen molar-refractivity contribution in [1.82, 2.24) is 0 Å². The highest BCUT2D eigenvalue weighted by Crippen LogP contribution is 2.44. The molecular formula is C19H16O5. The van der Waals surface area contributed by atoms with Crippen LogP contribution in [0.5, 0.6) is 17.2 Å². The minimum atomic E-state index is -0.554. The van der Waals surface area contributed by atoms with Crippen molar-refractivity contribution in [2.75, 3.05) is 13.9 Å². The highest BCUT2D eigenvalue weighted by Gasteiger charge is 2.34. The van der Waals surface area contributed by atoms with Gasteiger partial charge < -0.3 is 18.9 Å². The second-order valence-corrected chi connectivity index (χ2v) is 5.64. The van der Waals surface area contributed by atoms with Gasteiger partial charge in [-0.1, -0.05) is 24.3 Å². The summed E-state index contributed by atoms with van der Waals surface area (Å²) in [6.07, 6.45) is -0.554. The Labute approximate surface area is 139 Å². The van der Waals surface area contributed by atoms with E-state index in [1.807, 2.05) is 49.4 Å². The Hall–Kier alpha value is -2.95. The lowest BCUT2D eigenvalue weighted by molar-refractivity contribution is -0.137. The van der Waals surface area contributed by atoms with Crippen molar-refractivity contribution >= 4 is 11.5 Å². The molecule has 2 aromatic rings. The molecule has 122 valence electrons. The van der Waals surface area contributed by atoms with Gasteiger partial charge >= 0.3 is 5.97 Å². The van der Waals surface area contributed by atoms with Crippen LogP contribution in [-0.2, 0) is 9.53 Å². The van der Waals surface area contributed by atoms with E-state index in [9.17, 15) is 4.79 Å². The number of hydrogen-bond donors (Lipinski definition) is 0. The van der Waals surface area contributed by atoms with Crippen molar-refractivity contribution in [3.8, 4) is 17.2 Å². The fourth-order valence-corrected chi connectivity index (χ4v) is 3.09. The molecule has 0 saturated carbocycles. The third-order valence-corrected chi connectivity index (χ3v) is 4.31. The third kappa shape index (κ3) is 2.21. The number of carbonyl (C=O) groups is 1. The molecule has 0 spiro atoms. The zero-order chi connectivity index (χ0) is 16.7. The summed E-state index contributed by atoms with van der Waals surface area (Å²) in [7, 11) is 1.37. The molecule has 2 heterocycles. The molecule has 4 rings (SSSR count). The normalized spacial score (nSPS) is 18.0. The number of carbonyl (C=O) groups excluding carboxylic acids is 1. The quantitative estimate of drug-likeness (QED) is 0.792. The van der Waals surface area contributed by atoms with Gasteiger partial charge in [0.1, 0.15) is 5.75 Å². The first-order valence-corrected chi connectivity index (χ1v) is 7.63. The Morgan fingerprint density at radius 3 is 2.71 bits per heavy atom. The molecular weight excluding hydrogens is 308 g/mol. The molecule has 1 unspecified atom stereocenters. The van der Waals surface area contributed by atoms with Crippen LogP contribution >= 0.6 is 0 Å². The smallest absolute Gasteiger partial charge is 0.338 e. The van der Waals surface area contributed by atoms with Gasteiger partial charge in [-0.15, -0.1) is 0 Å². The minimum absolute atomic E-state index is 0.200. The van der Waals surface area contributed by atoms with Crippen LogP contribution in [0.2, 0.25) is 0 Å². The third-order valence-electron chi connectivity index (χ3n) is 4.31. The van der Waals surface area contributed by atoms with Crippen LogP contribution in [0.3, 0.4) is 0 Å². The summed E-state index contributed by atoms with van der Waals surface area (Å²) >= 11 is 0. The number of esters is 1. The molecule has 0 amide bonds. The molecule has 0 aliphatic carbocycles. The standard InChI is InChI=1S/C19H16O5/c1-11-13-5-3-4-6-14(13)24-18(17(11)19(20)21-2)12-7-8-15-16(9-12)23-10-22-15/h3-9,18H,10H2,1-2H3. The zero-order valence-electron chi connectivity index (χ0n) is 13.4. The van der Waals surface area contributed by atoms with Crippen molar-refractivity contribution < 1.29 is 23.7 Å². The Bertz CT molecular complexity index is 853. The number of hydrogen-bond acceptors (Lipinski definition) is 5. The van der Waals surface area contributed by atoms with Gasteiger partial charge in [-0.3, -0.25) is 0 Å².